The quantitative estimate of drug-likeness (QED) is 0.460. The average molecular weight is 445 g/mol. The molecule has 1 aliphatic carbocycles. The van der Waals surface area contributed by atoms with Crippen LogP contribution in [-0.4, -0.2) is 14.4 Å². The summed E-state index contributed by atoms with van der Waals surface area (Å²) in [6, 6.07) is 14.6. The largest absolute Gasteiger partial charge is 0.482 e. The molecular weight excluding hydrogens is 416 g/mol. The molecule has 0 saturated heterocycles. The number of fused-ring (bicyclic) bond motifs is 1. The van der Waals surface area contributed by atoms with Crippen LogP contribution in [0, 0.1) is 6.92 Å². The molecule has 3 rings (SSSR count). The van der Waals surface area contributed by atoms with Crippen molar-refractivity contribution in [2.75, 3.05) is 0 Å². The summed E-state index contributed by atoms with van der Waals surface area (Å²) in [4.78, 5) is 0. The lowest BCUT2D eigenvalue weighted by atomic mass is 9.93. The SMILES string of the molecule is Cc1ccc(O[C@@H]2C=Cc3ccccc3[C@H]2O[Si](C)(C)C(C)(C)C)c(Br)c1. The van der Waals surface area contributed by atoms with Crippen LogP contribution >= 0.6 is 15.9 Å². The minimum Gasteiger partial charge on any atom is -0.482 e. The number of hydrogen-bond donors (Lipinski definition) is 0. The molecule has 0 aromatic heterocycles. The molecule has 2 nitrogen and oxygen atoms in total. The molecule has 0 saturated carbocycles. The highest BCUT2D eigenvalue weighted by Gasteiger charge is 2.42. The van der Waals surface area contributed by atoms with Gasteiger partial charge in [-0.3, -0.25) is 0 Å². The Bertz CT molecular complexity index is 852. The number of rotatable bonds is 4. The lowest BCUT2D eigenvalue weighted by Gasteiger charge is -2.42. The van der Waals surface area contributed by atoms with Gasteiger partial charge in [0.15, 0.2) is 8.32 Å². The van der Waals surface area contributed by atoms with Crippen LogP contribution in [0.25, 0.3) is 6.08 Å². The fourth-order valence-electron chi connectivity index (χ4n) is 2.97. The van der Waals surface area contributed by atoms with Gasteiger partial charge < -0.3 is 9.16 Å². The number of halogens is 1. The molecular formula is C23H29BrO2Si. The molecule has 2 atom stereocenters. The Hall–Kier alpha value is -1.36. The summed E-state index contributed by atoms with van der Waals surface area (Å²) in [5.41, 5.74) is 3.62. The number of ether oxygens (including phenoxy) is 1. The maximum Gasteiger partial charge on any atom is 0.193 e. The van der Waals surface area contributed by atoms with Crippen LogP contribution in [-0.2, 0) is 4.43 Å². The molecule has 0 bridgehead atoms. The Kier molecular flexibility index (Phi) is 5.71. The molecule has 0 aliphatic heterocycles. The molecule has 0 N–H and O–H groups in total. The van der Waals surface area contributed by atoms with Crippen LogP contribution in [0.15, 0.2) is 53.0 Å². The van der Waals surface area contributed by atoms with Crippen LogP contribution in [0.5, 0.6) is 5.75 Å². The monoisotopic (exact) mass is 444 g/mol. The van der Waals surface area contributed by atoms with E-state index >= 15 is 0 Å². The summed E-state index contributed by atoms with van der Waals surface area (Å²) in [6.45, 7) is 13.5. The van der Waals surface area contributed by atoms with Gasteiger partial charge in [-0.25, -0.2) is 0 Å². The molecule has 2 aromatic rings. The van der Waals surface area contributed by atoms with Gasteiger partial charge in [-0.15, -0.1) is 0 Å². The van der Waals surface area contributed by atoms with Gasteiger partial charge in [-0.2, -0.15) is 0 Å². The van der Waals surface area contributed by atoms with E-state index in [1.165, 1.54) is 16.7 Å². The van der Waals surface area contributed by atoms with Crippen molar-refractivity contribution < 1.29 is 9.16 Å². The predicted molar refractivity (Wildman–Crippen MR) is 120 cm³/mol. The van der Waals surface area contributed by atoms with Crippen LogP contribution in [0.4, 0.5) is 0 Å². The van der Waals surface area contributed by atoms with Gasteiger partial charge in [0.25, 0.3) is 0 Å². The highest BCUT2D eigenvalue weighted by molar-refractivity contribution is 9.10. The Morgan fingerprint density at radius 2 is 1.74 bits per heavy atom. The van der Waals surface area contributed by atoms with E-state index in [1.807, 2.05) is 6.07 Å². The minimum atomic E-state index is -1.97. The highest BCUT2D eigenvalue weighted by atomic mass is 79.9. The molecule has 1 aliphatic rings. The zero-order valence-corrected chi connectivity index (χ0v) is 19.6. The van der Waals surface area contributed by atoms with Gasteiger partial charge in [-0.1, -0.05) is 57.2 Å². The lowest BCUT2D eigenvalue weighted by molar-refractivity contribution is 0.0699. The van der Waals surface area contributed by atoms with E-state index < -0.39 is 8.32 Å². The molecule has 0 radical (unpaired) electrons. The van der Waals surface area contributed by atoms with Crippen molar-refractivity contribution in [1.82, 2.24) is 0 Å². The first-order valence-corrected chi connectivity index (χ1v) is 13.2. The van der Waals surface area contributed by atoms with Gasteiger partial charge in [0, 0.05) is 0 Å². The summed E-state index contributed by atoms with van der Waals surface area (Å²) >= 11 is 3.64. The first kappa shape index (κ1) is 20.4. The van der Waals surface area contributed by atoms with Gasteiger partial charge in [0.05, 0.1) is 4.47 Å². The first-order chi connectivity index (χ1) is 12.6. The Labute approximate surface area is 172 Å². The van der Waals surface area contributed by atoms with E-state index in [4.69, 9.17) is 9.16 Å². The third-order valence-corrected chi connectivity index (χ3v) is 10.7. The zero-order valence-electron chi connectivity index (χ0n) is 17.0. The molecule has 0 spiro atoms. The molecule has 4 heteroatoms. The van der Waals surface area contributed by atoms with Crippen molar-refractivity contribution in [3.05, 3.63) is 69.7 Å². The van der Waals surface area contributed by atoms with E-state index in [1.54, 1.807) is 0 Å². The van der Waals surface area contributed by atoms with Gasteiger partial charge in [-0.05, 0) is 75.9 Å². The Balaban J connectivity index is 1.96. The zero-order chi connectivity index (χ0) is 19.8. The van der Waals surface area contributed by atoms with E-state index in [0.29, 0.717) is 0 Å². The Morgan fingerprint density at radius 3 is 2.41 bits per heavy atom. The third kappa shape index (κ3) is 4.39. The summed E-state index contributed by atoms with van der Waals surface area (Å²) in [5, 5.41) is 0.137. The summed E-state index contributed by atoms with van der Waals surface area (Å²) in [6.07, 6.45) is 4.01. The van der Waals surface area contributed by atoms with Gasteiger partial charge >= 0.3 is 0 Å². The van der Waals surface area contributed by atoms with Gasteiger partial charge in [0.2, 0.25) is 0 Å². The second-order valence-corrected chi connectivity index (χ2v) is 14.4. The minimum absolute atomic E-state index is 0.111. The summed E-state index contributed by atoms with van der Waals surface area (Å²) in [5.74, 6) is 0.846. The van der Waals surface area contributed by atoms with E-state index in [0.717, 1.165) is 10.2 Å². The van der Waals surface area contributed by atoms with Crippen molar-refractivity contribution in [1.29, 1.82) is 0 Å². The van der Waals surface area contributed by atoms with Crippen molar-refractivity contribution in [2.45, 2.75) is 58.0 Å². The van der Waals surface area contributed by atoms with Gasteiger partial charge in [0.1, 0.15) is 18.0 Å². The molecule has 27 heavy (non-hydrogen) atoms. The number of benzene rings is 2. The molecule has 2 aromatic carbocycles. The standard InChI is InChI=1S/C23H29BrO2Si/c1-16-11-13-20(19(24)15-16)25-21-14-12-17-9-7-8-10-18(17)22(21)26-27(5,6)23(2,3)4/h7-15,21-22H,1-6H3/t21-,22-/m1/s1. The Morgan fingerprint density at radius 1 is 1.04 bits per heavy atom. The number of hydrogen-bond acceptors (Lipinski definition) is 2. The fraction of sp³-hybridized carbons (Fsp3) is 0.391. The maximum absolute atomic E-state index is 6.87. The van der Waals surface area contributed by atoms with Crippen molar-refractivity contribution in [3.63, 3.8) is 0 Å². The average Bonchev–Trinajstić information content (AvgIpc) is 2.58. The molecule has 0 unspecified atom stereocenters. The van der Waals surface area contributed by atoms with Crippen LogP contribution in [0.1, 0.15) is 43.6 Å². The number of aryl methyl sites for hydroxylation is 1. The topological polar surface area (TPSA) is 18.5 Å². The maximum atomic E-state index is 6.87. The second kappa shape index (κ2) is 7.57. The third-order valence-electron chi connectivity index (χ3n) is 5.64. The van der Waals surface area contributed by atoms with E-state index in [-0.39, 0.29) is 17.2 Å². The van der Waals surface area contributed by atoms with Crippen molar-refractivity contribution in [2.24, 2.45) is 0 Å². The van der Waals surface area contributed by atoms with Crippen LogP contribution in [0.2, 0.25) is 18.1 Å². The second-order valence-electron chi connectivity index (χ2n) is 8.80. The smallest absolute Gasteiger partial charge is 0.193 e. The summed E-state index contributed by atoms with van der Waals surface area (Å²) in [7, 11) is -1.97. The first-order valence-electron chi connectivity index (χ1n) is 9.46. The van der Waals surface area contributed by atoms with Crippen molar-refractivity contribution in [3.8, 4) is 5.75 Å². The molecule has 0 heterocycles. The summed E-state index contributed by atoms with van der Waals surface area (Å²) < 4.78 is 14.3. The fourth-order valence-corrected chi connectivity index (χ4v) is 4.81. The highest BCUT2D eigenvalue weighted by Crippen LogP contribution is 2.43. The molecule has 0 fully saturated rings. The van der Waals surface area contributed by atoms with E-state index in [2.05, 4.69) is 105 Å². The van der Waals surface area contributed by atoms with Crippen LogP contribution in [0.3, 0.4) is 0 Å². The normalized spacial score (nSPS) is 19.7. The molecule has 144 valence electrons. The lowest BCUT2D eigenvalue weighted by Crippen LogP contribution is -2.45. The molecule has 0 amide bonds. The van der Waals surface area contributed by atoms with Crippen LogP contribution < -0.4 is 4.74 Å². The van der Waals surface area contributed by atoms with Crippen molar-refractivity contribution >= 4 is 30.3 Å². The van der Waals surface area contributed by atoms with E-state index in [9.17, 15) is 0 Å². The predicted octanol–water partition coefficient (Wildman–Crippen LogP) is 7.29.